The van der Waals surface area contributed by atoms with Crippen LogP contribution in [0.25, 0.3) is 0 Å². The van der Waals surface area contributed by atoms with Gasteiger partial charge in [0.15, 0.2) is 0 Å². The zero-order valence-corrected chi connectivity index (χ0v) is 12.5. The topological polar surface area (TPSA) is 29.5 Å². The number of hydrogen-bond acceptors (Lipinski definition) is 2. The molecule has 2 heteroatoms. The molecule has 0 aromatic carbocycles. The van der Waals surface area contributed by atoms with Gasteiger partial charge in [-0.1, -0.05) is 25.5 Å². The summed E-state index contributed by atoms with van der Waals surface area (Å²) in [6, 6.07) is 0. The minimum Gasteiger partial charge on any atom is -0.392 e. The fourth-order valence-corrected chi connectivity index (χ4v) is 3.76. The van der Waals surface area contributed by atoms with Crippen molar-refractivity contribution in [2.75, 3.05) is 7.11 Å². The van der Waals surface area contributed by atoms with Crippen LogP contribution >= 0.6 is 0 Å². The van der Waals surface area contributed by atoms with Gasteiger partial charge in [0.1, 0.15) is 0 Å². The highest BCUT2D eigenvalue weighted by Crippen LogP contribution is 2.52. The lowest BCUT2D eigenvalue weighted by Crippen LogP contribution is -2.45. The predicted molar refractivity (Wildman–Crippen MR) is 74.4 cm³/mol. The van der Waals surface area contributed by atoms with Crippen LogP contribution in [-0.4, -0.2) is 23.9 Å². The van der Waals surface area contributed by atoms with Crippen LogP contribution in [0.2, 0.25) is 0 Å². The lowest BCUT2D eigenvalue weighted by Gasteiger charge is -2.49. The molecule has 0 saturated heterocycles. The first-order chi connectivity index (χ1) is 8.31. The Labute approximate surface area is 111 Å². The van der Waals surface area contributed by atoms with Crippen molar-refractivity contribution in [3.63, 3.8) is 0 Å². The van der Waals surface area contributed by atoms with Crippen molar-refractivity contribution in [3.05, 3.63) is 11.6 Å². The average molecular weight is 252 g/mol. The first kappa shape index (κ1) is 14.1. The second-order valence-electron chi connectivity index (χ2n) is 6.99. The van der Waals surface area contributed by atoms with E-state index in [2.05, 4.69) is 33.8 Å². The second kappa shape index (κ2) is 4.64. The van der Waals surface area contributed by atoms with Crippen molar-refractivity contribution >= 4 is 0 Å². The Morgan fingerprint density at radius 2 is 2.00 bits per heavy atom. The molecular formula is C16H28O2. The number of fused-ring (bicyclic) bond motifs is 1. The molecule has 2 rings (SSSR count). The minimum atomic E-state index is -0.161. The molecule has 1 saturated carbocycles. The fourth-order valence-electron chi connectivity index (χ4n) is 3.76. The summed E-state index contributed by atoms with van der Waals surface area (Å²) in [6.07, 6.45) is 6.52. The van der Waals surface area contributed by atoms with Crippen molar-refractivity contribution in [2.45, 2.75) is 65.1 Å². The van der Waals surface area contributed by atoms with E-state index in [1.54, 1.807) is 7.11 Å². The molecule has 0 aromatic rings. The molecule has 0 aromatic heterocycles. The lowest BCUT2D eigenvalue weighted by molar-refractivity contribution is -0.0381. The SMILES string of the molecule is COC(C)(C)[C@@H]1C=C2[C@@H](C)CC[C@@H](O)[C@]2(C)CC1. The van der Waals surface area contributed by atoms with Crippen molar-refractivity contribution < 1.29 is 9.84 Å². The van der Waals surface area contributed by atoms with E-state index in [4.69, 9.17) is 4.74 Å². The summed E-state index contributed by atoms with van der Waals surface area (Å²) in [5.74, 6) is 1.08. The van der Waals surface area contributed by atoms with Gasteiger partial charge in [0.25, 0.3) is 0 Å². The molecule has 0 spiro atoms. The van der Waals surface area contributed by atoms with Crippen LogP contribution in [0.5, 0.6) is 0 Å². The zero-order valence-electron chi connectivity index (χ0n) is 12.5. The molecule has 2 nitrogen and oxygen atoms in total. The largest absolute Gasteiger partial charge is 0.392 e. The van der Waals surface area contributed by atoms with Gasteiger partial charge in [-0.25, -0.2) is 0 Å². The number of aliphatic hydroxyl groups is 1. The van der Waals surface area contributed by atoms with Gasteiger partial charge in [0, 0.05) is 18.4 Å². The molecule has 1 fully saturated rings. The highest BCUT2D eigenvalue weighted by molar-refractivity contribution is 5.26. The maximum absolute atomic E-state index is 10.4. The third-order valence-corrected chi connectivity index (χ3v) is 5.57. The summed E-state index contributed by atoms with van der Waals surface area (Å²) in [5, 5.41) is 10.4. The minimum absolute atomic E-state index is 0.0119. The van der Waals surface area contributed by atoms with E-state index in [-0.39, 0.29) is 17.1 Å². The summed E-state index contributed by atoms with van der Waals surface area (Å²) in [7, 11) is 1.80. The molecule has 104 valence electrons. The number of rotatable bonds is 2. The van der Waals surface area contributed by atoms with E-state index < -0.39 is 0 Å². The van der Waals surface area contributed by atoms with Crippen molar-refractivity contribution in [1.29, 1.82) is 0 Å². The Bertz CT molecular complexity index is 345. The van der Waals surface area contributed by atoms with Gasteiger partial charge in [-0.15, -0.1) is 0 Å². The number of hydrogen-bond donors (Lipinski definition) is 1. The Morgan fingerprint density at radius 3 is 2.61 bits per heavy atom. The van der Waals surface area contributed by atoms with E-state index in [1.165, 1.54) is 5.57 Å². The van der Waals surface area contributed by atoms with Crippen LogP contribution in [0.15, 0.2) is 11.6 Å². The quantitative estimate of drug-likeness (QED) is 0.762. The number of ether oxygens (including phenoxy) is 1. The lowest BCUT2D eigenvalue weighted by atomic mass is 9.58. The van der Waals surface area contributed by atoms with Crippen LogP contribution in [0.3, 0.4) is 0 Å². The molecule has 2 aliphatic rings. The molecule has 0 bridgehead atoms. The molecular weight excluding hydrogens is 224 g/mol. The third-order valence-electron chi connectivity index (χ3n) is 5.57. The van der Waals surface area contributed by atoms with Gasteiger partial charge in [0.05, 0.1) is 11.7 Å². The van der Waals surface area contributed by atoms with Gasteiger partial charge in [0.2, 0.25) is 0 Å². The van der Waals surface area contributed by atoms with Gasteiger partial charge in [-0.2, -0.15) is 0 Å². The van der Waals surface area contributed by atoms with E-state index >= 15 is 0 Å². The smallest absolute Gasteiger partial charge is 0.0685 e. The zero-order chi connectivity index (χ0) is 13.6. The monoisotopic (exact) mass is 252 g/mol. The van der Waals surface area contributed by atoms with Gasteiger partial charge < -0.3 is 9.84 Å². The van der Waals surface area contributed by atoms with Crippen LogP contribution in [0, 0.1) is 17.3 Å². The van der Waals surface area contributed by atoms with Crippen LogP contribution in [-0.2, 0) is 4.74 Å². The first-order valence-electron chi connectivity index (χ1n) is 7.26. The number of aliphatic hydroxyl groups excluding tert-OH is 1. The predicted octanol–water partition coefficient (Wildman–Crippen LogP) is 3.54. The second-order valence-corrected chi connectivity index (χ2v) is 6.99. The molecule has 2 aliphatic carbocycles. The molecule has 0 unspecified atom stereocenters. The normalized spacial score (nSPS) is 41.2. The fraction of sp³-hybridized carbons (Fsp3) is 0.875. The standard InChI is InChI=1S/C16H28O2/c1-11-6-7-14(17)16(4)9-8-12(10-13(11)16)15(2,3)18-5/h10-12,14,17H,6-9H2,1-5H3/t11-,12-,14+,16+/m0/s1. The summed E-state index contributed by atoms with van der Waals surface area (Å²) >= 11 is 0. The van der Waals surface area contributed by atoms with E-state index in [1.807, 2.05) is 0 Å². The van der Waals surface area contributed by atoms with Gasteiger partial charge in [-0.05, 0) is 45.4 Å². The molecule has 0 aliphatic heterocycles. The molecule has 18 heavy (non-hydrogen) atoms. The summed E-state index contributed by atoms with van der Waals surface area (Å²) < 4.78 is 5.64. The summed E-state index contributed by atoms with van der Waals surface area (Å²) in [5.41, 5.74) is 1.39. The van der Waals surface area contributed by atoms with Crippen molar-refractivity contribution in [1.82, 2.24) is 0 Å². The molecule has 0 radical (unpaired) electrons. The van der Waals surface area contributed by atoms with E-state index in [0.29, 0.717) is 11.8 Å². The Hall–Kier alpha value is -0.340. The highest BCUT2D eigenvalue weighted by Gasteiger charge is 2.46. The Balaban J connectivity index is 2.33. The molecule has 1 N–H and O–H groups in total. The van der Waals surface area contributed by atoms with Crippen LogP contribution < -0.4 is 0 Å². The van der Waals surface area contributed by atoms with Gasteiger partial charge >= 0.3 is 0 Å². The van der Waals surface area contributed by atoms with Crippen molar-refractivity contribution in [2.24, 2.45) is 17.3 Å². The maximum Gasteiger partial charge on any atom is 0.0685 e. The Kier molecular flexibility index (Phi) is 3.63. The van der Waals surface area contributed by atoms with E-state index in [0.717, 1.165) is 25.7 Å². The van der Waals surface area contributed by atoms with Crippen LogP contribution in [0.1, 0.15) is 53.4 Å². The molecule has 4 atom stereocenters. The summed E-state index contributed by atoms with van der Waals surface area (Å²) in [4.78, 5) is 0. The molecule has 0 amide bonds. The maximum atomic E-state index is 10.4. The highest BCUT2D eigenvalue weighted by atomic mass is 16.5. The number of methoxy groups -OCH3 is 1. The third kappa shape index (κ3) is 2.14. The van der Waals surface area contributed by atoms with Crippen molar-refractivity contribution in [3.8, 4) is 0 Å². The average Bonchev–Trinajstić information content (AvgIpc) is 2.34. The van der Waals surface area contributed by atoms with E-state index in [9.17, 15) is 5.11 Å². The van der Waals surface area contributed by atoms with Crippen LogP contribution in [0.4, 0.5) is 0 Å². The summed E-state index contributed by atoms with van der Waals surface area (Å²) in [6.45, 7) is 8.88. The Morgan fingerprint density at radius 1 is 1.33 bits per heavy atom. The van der Waals surface area contributed by atoms with Gasteiger partial charge in [-0.3, -0.25) is 0 Å². The molecule has 0 heterocycles. The first-order valence-corrected chi connectivity index (χ1v) is 7.26.